The van der Waals surface area contributed by atoms with Gasteiger partial charge in [-0.1, -0.05) is 68.3 Å². The molecule has 1 heterocycles. The van der Waals surface area contributed by atoms with E-state index in [1.54, 1.807) is 4.57 Å². The summed E-state index contributed by atoms with van der Waals surface area (Å²) < 4.78 is 1.73. The molecule has 0 fully saturated rings. The molecule has 29 heavy (non-hydrogen) atoms. The van der Waals surface area contributed by atoms with Crippen molar-refractivity contribution in [2.75, 3.05) is 11.1 Å². The molecule has 1 N–H and O–H groups in total. The fourth-order valence-electron chi connectivity index (χ4n) is 3.18. The van der Waals surface area contributed by atoms with Crippen molar-refractivity contribution < 1.29 is 4.79 Å². The summed E-state index contributed by atoms with van der Waals surface area (Å²) >= 11 is 1.31. The van der Waals surface area contributed by atoms with E-state index in [0.29, 0.717) is 22.6 Å². The van der Waals surface area contributed by atoms with Gasteiger partial charge >= 0.3 is 0 Å². The number of benzene rings is 2. The second kappa shape index (κ2) is 10.3. The number of para-hydroxylation sites is 2. The van der Waals surface area contributed by atoms with Crippen LogP contribution in [0.4, 0.5) is 5.69 Å². The fraction of sp³-hybridized carbons (Fsp3) is 0.348. The molecule has 0 aliphatic rings. The summed E-state index contributed by atoms with van der Waals surface area (Å²) in [6.07, 6.45) is 4.30. The summed E-state index contributed by atoms with van der Waals surface area (Å²) in [4.78, 5) is 30.1. The van der Waals surface area contributed by atoms with Gasteiger partial charge in [0.1, 0.15) is 0 Å². The van der Waals surface area contributed by atoms with Crippen molar-refractivity contribution in [1.29, 1.82) is 0 Å². The largest absolute Gasteiger partial charge is 0.325 e. The van der Waals surface area contributed by atoms with E-state index >= 15 is 0 Å². The molecule has 0 unspecified atom stereocenters. The Labute approximate surface area is 175 Å². The van der Waals surface area contributed by atoms with E-state index in [1.807, 2.05) is 55.5 Å². The van der Waals surface area contributed by atoms with Gasteiger partial charge in [0.05, 0.1) is 16.7 Å². The first-order chi connectivity index (χ1) is 14.1. The Morgan fingerprint density at radius 2 is 1.83 bits per heavy atom. The third kappa shape index (κ3) is 5.48. The second-order valence-corrected chi connectivity index (χ2v) is 8.02. The molecule has 1 amide bonds. The minimum atomic E-state index is -0.107. The minimum absolute atomic E-state index is 0.0334. The molecule has 0 aliphatic heterocycles. The van der Waals surface area contributed by atoms with Crippen molar-refractivity contribution in [3.63, 3.8) is 0 Å². The van der Waals surface area contributed by atoms with Gasteiger partial charge in [-0.25, -0.2) is 4.98 Å². The van der Waals surface area contributed by atoms with E-state index in [0.717, 1.165) is 36.9 Å². The standard InChI is InChI=1S/C23H27N3O2S/c1-3-4-5-10-15-26-22(28)18-12-7-9-14-20(18)25-23(26)29-16-21(27)24-19-13-8-6-11-17(19)2/h6-9,11-14H,3-5,10,15-16H2,1-2H3,(H,24,27). The molecular weight excluding hydrogens is 382 g/mol. The average molecular weight is 410 g/mol. The number of anilines is 1. The molecule has 0 saturated carbocycles. The summed E-state index contributed by atoms with van der Waals surface area (Å²) in [6, 6.07) is 15.1. The van der Waals surface area contributed by atoms with Crippen molar-refractivity contribution in [2.24, 2.45) is 0 Å². The number of unbranched alkanes of at least 4 members (excludes halogenated alkanes) is 3. The highest BCUT2D eigenvalue weighted by Crippen LogP contribution is 2.20. The van der Waals surface area contributed by atoms with E-state index in [-0.39, 0.29) is 17.2 Å². The lowest BCUT2D eigenvalue weighted by Gasteiger charge is -2.13. The lowest BCUT2D eigenvalue weighted by molar-refractivity contribution is -0.113. The van der Waals surface area contributed by atoms with Crippen LogP contribution in [0, 0.1) is 6.92 Å². The van der Waals surface area contributed by atoms with Gasteiger partial charge in [0, 0.05) is 12.2 Å². The van der Waals surface area contributed by atoms with E-state index < -0.39 is 0 Å². The number of nitrogens with one attached hydrogen (secondary N) is 1. The molecule has 1 aromatic heterocycles. The third-order valence-electron chi connectivity index (χ3n) is 4.81. The fourth-order valence-corrected chi connectivity index (χ4v) is 4.01. The Hall–Kier alpha value is -2.60. The monoisotopic (exact) mass is 409 g/mol. The molecule has 2 aromatic carbocycles. The van der Waals surface area contributed by atoms with E-state index in [4.69, 9.17) is 0 Å². The SMILES string of the molecule is CCCCCCn1c(SCC(=O)Nc2ccccc2C)nc2ccccc2c1=O. The van der Waals surface area contributed by atoms with Gasteiger partial charge in [-0.3, -0.25) is 14.2 Å². The number of aromatic nitrogens is 2. The van der Waals surface area contributed by atoms with Crippen LogP contribution in [0.5, 0.6) is 0 Å². The summed E-state index contributed by atoms with van der Waals surface area (Å²) in [6.45, 7) is 4.75. The van der Waals surface area contributed by atoms with Gasteiger partial charge < -0.3 is 5.32 Å². The molecule has 0 spiro atoms. The highest BCUT2D eigenvalue weighted by Gasteiger charge is 2.13. The summed E-state index contributed by atoms with van der Waals surface area (Å²) in [5.41, 5.74) is 2.46. The quantitative estimate of drug-likeness (QED) is 0.306. The Morgan fingerprint density at radius 3 is 2.62 bits per heavy atom. The van der Waals surface area contributed by atoms with E-state index in [9.17, 15) is 9.59 Å². The lowest BCUT2D eigenvalue weighted by atomic mass is 10.2. The first-order valence-corrected chi connectivity index (χ1v) is 11.1. The van der Waals surface area contributed by atoms with Crippen molar-refractivity contribution in [1.82, 2.24) is 9.55 Å². The van der Waals surface area contributed by atoms with Crippen LogP contribution in [-0.2, 0) is 11.3 Å². The molecule has 0 bridgehead atoms. The maximum Gasteiger partial charge on any atom is 0.262 e. The minimum Gasteiger partial charge on any atom is -0.325 e. The first-order valence-electron chi connectivity index (χ1n) is 10.1. The molecule has 0 aliphatic carbocycles. The zero-order valence-corrected chi connectivity index (χ0v) is 17.8. The lowest BCUT2D eigenvalue weighted by Crippen LogP contribution is -2.24. The van der Waals surface area contributed by atoms with Gasteiger partial charge in [0.2, 0.25) is 5.91 Å². The number of thioether (sulfide) groups is 1. The highest BCUT2D eigenvalue weighted by atomic mass is 32.2. The van der Waals surface area contributed by atoms with Crippen LogP contribution in [0.1, 0.15) is 38.2 Å². The predicted molar refractivity (Wildman–Crippen MR) is 121 cm³/mol. The van der Waals surface area contributed by atoms with E-state index in [1.165, 1.54) is 11.8 Å². The number of fused-ring (bicyclic) bond motifs is 1. The summed E-state index contributed by atoms with van der Waals surface area (Å²) in [7, 11) is 0. The number of carbonyl (C=O) groups is 1. The zero-order chi connectivity index (χ0) is 20.6. The molecule has 3 aromatic rings. The van der Waals surface area contributed by atoms with Crippen LogP contribution in [0.2, 0.25) is 0 Å². The van der Waals surface area contributed by atoms with Crippen molar-refractivity contribution in [2.45, 2.75) is 51.2 Å². The maximum absolute atomic E-state index is 13.0. The Bertz CT molecular complexity index is 1050. The van der Waals surface area contributed by atoms with Gasteiger partial charge in [-0.2, -0.15) is 0 Å². The summed E-state index contributed by atoms with van der Waals surface area (Å²) in [5, 5.41) is 4.16. The Balaban J connectivity index is 1.78. The molecule has 0 atom stereocenters. The van der Waals surface area contributed by atoms with Crippen LogP contribution in [0.25, 0.3) is 10.9 Å². The van der Waals surface area contributed by atoms with Crippen molar-refractivity contribution >= 4 is 34.3 Å². The normalized spacial score (nSPS) is 11.0. The Morgan fingerprint density at radius 1 is 1.07 bits per heavy atom. The van der Waals surface area contributed by atoms with Gasteiger partial charge in [0.15, 0.2) is 5.16 Å². The summed E-state index contributed by atoms with van der Waals surface area (Å²) in [5.74, 6) is 0.0953. The maximum atomic E-state index is 13.0. The number of aryl methyl sites for hydroxylation is 1. The van der Waals surface area contributed by atoms with Gasteiger partial charge in [-0.15, -0.1) is 0 Å². The zero-order valence-electron chi connectivity index (χ0n) is 17.0. The van der Waals surface area contributed by atoms with Crippen molar-refractivity contribution in [3.05, 3.63) is 64.4 Å². The molecule has 0 radical (unpaired) electrons. The number of carbonyl (C=O) groups excluding carboxylic acids is 1. The van der Waals surface area contributed by atoms with Crippen LogP contribution in [0.3, 0.4) is 0 Å². The Kier molecular flexibility index (Phi) is 7.47. The highest BCUT2D eigenvalue weighted by molar-refractivity contribution is 7.99. The molecule has 152 valence electrons. The molecule has 6 heteroatoms. The number of rotatable bonds is 9. The molecule has 3 rings (SSSR count). The van der Waals surface area contributed by atoms with Crippen LogP contribution >= 0.6 is 11.8 Å². The van der Waals surface area contributed by atoms with Crippen LogP contribution in [-0.4, -0.2) is 21.2 Å². The first kappa shape index (κ1) is 21.1. The topological polar surface area (TPSA) is 64.0 Å². The second-order valence-electron chi connectivity index (χ2n) is 7.08. The third-order valence-corrected chi connectivity index (χ3v) is 5.79. The van der Waals surface area contributed by atoms with E-state index in [2.05, 4.69) is 17.2 Å². The smallest absolute Gasteiger partial charge is 0.262 e. The van der Waals surface area contributed by atoms with Gasteiger partial charge in [0.25, 0.3) is 5.56 Å². The average Bonchev–Trinajstić information content (AvgIpc) is 2.73. The number of amides is 1. The van der Waals surface area contributed by atoms with Crippen LogP contribution in [0.15, 0.2) is 58.5 Å². The van der Waals surface area contributed by atoms with Crippen molar-refractivity contribution in [3.8, 4) is 0 Å². The number of nitrogens with zero attached hydrogens (tertiary/aromatic N) is 2. The molecule has 5 nitrogen and oxygen atoms in total. The van der Waals surface area contributed by atoms with Crippen LogP contribution < -0.4 is 10.9 Å². The number of hydrogen-bond donors (Lipinski definition) is 1. The molecular formula is C23H27N3O2S. The number of hydrogen-bond acceptors (Lipinski definition) is 4. The predicted octanol–water partition coefficient (Wildman–Crippen LogP) is 5.02. The molecule has 0 saturated heterocycles. The van der Waals surface area contributed by atoms with Gasteiger partial charge in [-0.05, 0) is 37.1 Å².